The van der Waals surface area contributed by atoms with Crippen molar-refractivity contribution in [3.63, 3.8) is 0 Å². The highest BCUT2D eigenvalue weighted by molar-refractivity contribution is 7.16. The van der Waals surface area contributed by atoms with Gasteiger partial charge in [0.05, 0.1) is 11.0 Å². The number of nitrogens with zero attached hydrogens (tertiary/aromatic N) is 4. The third-order valence-corrected chi connectivity index (χ3v) is 6.08. The number of hydrogen-bond acceptors (Lipinski definition) is 6. The van der Waals surface area contributed by atoms with Crippen LogP contribution in [-0.4, -0.2) is 25.3 Å². The van der Waals surface area contributed by atoms with Gasteiger partial charge < -0.3 is 11.1 Å². The number of fused-ring (bicyclic) bond motifs is 2. The number of rotatable bonds is 3. The van der Waals surface area contributed by atoms with Crippen LogP contribution in [0.2, 0.25) is 0 Å². The van der Waals surface area contributed by atoms with Crippen LogP contribution in [0.1, 0.15) is 30.8 Å². The van der Waals surface area contributed by atoms with Gasteiger partial charge in [-0.15, -0.1) is 11.3 Å². The first-order valence-corrected chi connectivity index (χ1v) is 9.92. The van der Waals surface area contributed by atoms with Gasteiger partial charge in [-0.05, 0) is 25.5 Å². The van der Waals surface area contributed by atoms with E-state index in [4.69, 9.17) is 10.7 Å². The Morgan fingerprint density at radius 3 is 2.83 bits per heavy atom. The quantitative estimate of drug-likeness (QED) is 0.541. The molecule has 3 N–H and O–H groups in total. The van der Waals surface area contributed by atoms with E-state index in [2.05, 4.69) is 15.3 Å². The molecule has 7 nitrogen and oxygen atoms in total. The fourth-order valence-corrected chi connectivity index (χ4v) is 4.47. The van der Waals surface area contributed by atoms with Crippen LogP contribution < -0.4 is 11.1 Å². The molecule has 0 spiro atoms. The van der Waals surface area contributed by atoms with E-state index in [-0.39, 0.29) is 17.5 Å². The van der Waals surface area contributed by atoms with Gasteiger partial charge in [-0.3, -0.25) is 9.20 Å². The molecule has 1 aromatic carbocycles. The number of benzene rings is 1. The summed E-state index contributed by atoms with van der Waals surface area (Å²) < 4.78 is 16.0. The van der Waals surface area contributed by atoms with Crippen molar-refractivity contribution in [2.24, 2.45) is 0 Å². The van der Waals surface area contributed by atoms with Crippen molar-refractivity contribution in [1.82, 2.24) is 19.4 Å². The molecular formula is C20H17FN6OS. The lowest BCUT2D eigenvalue weighted by Crippen LogP contribution is -2.27. The Labute approximate surface area is 169 Å². The van der Waals surface area contributed by atoms with E-state index in [0.29, 0.717) is 40.7 Å². The van der Waals surface area contributed by atoms with E-state index in [1.807, 2.05) is 16.0 Å². The molecule has 0 radical (unpaired) electrons. The summed E-state index contributed by atoms with van der Waals surface area (Å²) >= 11 is 1.48. The van der Waals surface area contributed by atoms with Crippen LogP contribution in [0.25, 0.3) is 16.3 Å². The molecule has 0 unspecified atom stereocenters. The fourth-order valence-electron chi connectivity index (χ4n) is 3.63. The summed E-state index contributed by atoms with van der Waals surface area (Å²) in [5.74, 6) is 1.23. The van der Waals surface area contributed by atoms with Crippen molar-refractivity contribution in [2.75, 3.05) is 11.1 Å². The lowest BCUT2D eigenvalue weighted by Gasteiger charge is -2.15. The first kappa shape index (κ1) is 17.7. The van der Waals surface area contributed by atoms with Gasteiger partial charge in [0.15, 0.2) is 5.82 Å². The Balaban J connectivity index is 1.64. The van der Waals surface area contributed by atoms with Crippen LogP contribution in [0.4, 0.5) is 16.0 Å². The first-order valence-electron chi connectivity index (χ1n) is 9.04. The van der Waals surface area contributed by atoms with Crippen LogP contribution in [-0.2, 0) is 16.6 Å². The highest BCUT2D eigenvalue weighted by Crippen LogP contribution is 2.40. The fraction of sp³-hybridized carbons (Fsp3) is 0.200. The summed E-state index contributed by atoms with van der Waals surface area (Å²) in [6.07, 6.45) is 2.21. The van der Waals surface area contributed by atoms with Crippen LogP contribution in [0.5, 0.6) is 0 Å². The zero-order valence-corrected chi connectivity index (χ0v) is 16.5. The number of anilines is 2. The third kappa shape index (κ3) is 2.61. The summed E-state index contributed by atoms with van der Waals surface area (Å²) in [4.78, 5) is 26.8. The maximum absolute atomic E-state index is 14.1. The zero-order chi connectivity index (χ0) is 20.3. The summed E-state index contributed by atoms with van der Waals surface area (Å²) in [7, 11) is 0. The van der Waals surface area contributed by atoms with E-state index < -0.39 is 5.41 Å². The molecule has 1 aliphatic heterocycles. The number of carbonyl (C=O) groups excluding carboxylic acids is 1. The SMILES string of the molecule is CC1(C)C(=O)Nc2nc(-c3nc(Cc4ccccc4F)n4ccsc34)nc(N)c21. The number of amides is 1. The molecular weight excluding hydrogens is 391 g/mol. The summed E-state index contributed by atoms with van der Waals surface area (Å²) in [5.41, 5.74) is 7.11. The molecule has 0 saturated heterocycles. The minimum absolute atomic E-state index is 0.169. The molecule has 3 aromatic heterocycles. The van der Waals surface area contributed by atoms with E-state index in [9.17, 15) is 9.18 Å². The molecule has 0 atom stereocenters. The van der Waals surface area contributed by atoms with Gasteiger partial charge in [-0.2, -0.15) is 0 Å². The number of carbonyl (C=O) groups is 1. The standard InChI is InChI=1S/C20H17FN6OS/c1-20(2)13-15(22)24-17(25-16(13)26-19(20)28)14-18-27(7-8-29-18)12(23-14)9-10-5-3-4-6-11(10)21/h3-8H,9H2,1-2H3,(H3,22,24,25,26,28). The van der Waals surface area contributed by atoms with E-state index >= 15 is 0 Å². The zero-order valence-electron chi connectivity index (χ0n) is 15.7. The second kappa shape index (κ2) is 6.08. The van der Waals surface area contributed by atoms with Crippen molar-refractivity contribution in [3.8, 4) is 11.5 Å². The van der Waals surface area contributed by atoms with Crippen molar-refractivity contribution in [3.05, 3.63) is 58.6 Å². The summed E-state index contributed by atoms with van der Waals surface area (Å²) in [6, 6.07) is 6.63. The number of halogens is 1. The maximum Gasteiger partial charge on any atom is 0.235 e. The van der Waals surface area contributed by atoms with Crippen LogP contribution in [0, 0.1) is 5.82 Å². The molecule has 0 bridgehead atoms. The molecule has 4 heterocycles. The average molecular weight is 408 g/mol. The Hall–Kier alpha value is -3.33. The Bertz CT molecular complexity index is 1290. The van der Waals surface area contributed by atoms with Gasteiger partial charge in [0.25, 0.3) is 0 Å². The lowest BCUT2D eigenvalue weighted by molar-refractivity contribution is -0.119. The predicted molar refractivity (Wildman–Crippen MR) is 109 cm³/mol. The van der Waals surface area contributed by atoms with Gasteiger partial charge in [0.1, 0.15) is 33.8 Å². The maximum atomic E-state index is 14.1. The molecule has 1 amide bonds. The van der Waals surface area contributed by atoms with Crippen molar-refractivity contribution in [1.29, 1.82) is 0 Å². The number of nitrogens with two attached hydrogens (primary N) is 1. The smallest absolute Gasteiger partial charge is 0.235 e. The number of nitrogens with one attached hydrogen (secondary N) is 1. The molecule has 0 saturated carbocycles. The van der Waals surface area contributed by atoms with Crippen molar-refractivity contribution >= 4 is 33.7 Å². The second-order valence-corrected chi connectivity index (χ2v) is 8.35. The number of hydrogen-bond donors (Lipinski definition) is 2. The van der Waals surface area contributed by atoms with Crippen molar-refractivity contribution in [2.45, 2.75) is 25.7 Å². The molecule has 5 rings (SSSR count). The van der Waals surface area contributed by atoms with Crippen LogP contribution in [0.15, 0.2) is 35.8 Å². The summed E-state index contributed by atoms with van der Waals surface area (Å²) in [5, 5.41) is 4.71. The minimum Gasteiger partial charge on any atom is -0.383 e. The van der Waals surface area contributed by atoms with Crippen LogP contribution >= 0.6 is 11.3 Å². The minimum atomic E-state index is -0.791. The van der Waals surface area contributed by atoms with Crippen LogP contribution in [0.3, 0.4) is 0 Å². The highest BCUT2D eigenvalue weighted by atomic mass is 32.1. The molecule has 9 heteroatoms. The molecule has 146 valence electrons. The van der Waals surface area contributed by atoms with E-state index in [1.54, 1.807) is 32.0 Å². The number of imidazole rings is 1. The van der Waals surface area contributed by atoms with Gasteiger partial charge in [0, 0.05) is 18.0 Å². The first-order chi connectivity index (χ1) is 13.9. The average Bonchev–Trinajstić information content (AvgIpc) is 3.32. The lowest BCUT2D eigenvalue weighted by atomic mass is 9.87. The molecule has 0 fully saturated rings. The number of thiazole rings is 1. The molecule has 29 heavy (non-hydrogen) atoms. The molecule has 4 aromatic rings. The van der Waals surface area contributed by atoms with Gasteiger partial charge in [0.2, 0.25) is 5.91 Å². The Morgan fingerprint density at radius 1 is 1.24 bits per heavy atom. The van der Waals surface area contributed by atoms with Gasteiger partial charge >= 0.3 is 0 Å². The Kier molecular flexibility index (Phi) is 3.72. The summed E-state index contributed by atoms with van der Waals surface area (Å²) in [6.45, 7) is 3.57. The highest BCUT2D eigenvalue weighted by Gasteiger charge is 2.42. The predicted octanol–water partition coefficient (Wildman–Crippen LogP) is 3.39. The normalized spacial score (nSPS) is 14.9. The van der Waals surface area contributed by atoms with Crippen molar-refractivity contribution < 1.29 is 9.18 Å². The molecule has 1 aliphatic rings. The van der Waals surface area contributed by atoms with E-state index in [0.717, 1.165) is 4.83 Å². The number of nitrogen functional groups attached to an aromatic ring is 1. The number of aromatic nitrogens is 4. The topological polar surface area (TPSA) is 98.2 Å². The van der Waals surface area contributed by atoms with E-state index in [1.165, 1.54) is 17.4 Å². The van der Waals surface area contributed by atoms with Gasteiger partial charge in [-0.1, -0.05) is 18.2 Å². The van der Waals surface area contributed by atoms with Gasteiger partial charge in [-0.25, -0.2) is 19.3 Å². The Morgan fingerprint density at radius 2 is 2.03 bits per heavy atom. The molecule has 0 aliphatic carbocycles. The monoisotopic (exact) mass is 408 g/mol. The second-order valence-electron chi connectivity index (χ2n) is 7.46. The third-order valence-electron chi connectivity index (χ3n) is 5.21. The largest absolute Gasteiger partial charge is 0.383 e.